The van der Waals surface area contributed by atoms with Crippen molar-refractivity contribution in [2.24, 2.45) is 0 Å². The molecule has 104 valence electrons. The highest BCUT2D eigenvalue weighted by molar-refractivity contribution is 8.27. The predicted octanol–water partition coefficient (Wildman–Crippen LogP) is 4.18. The van der Waals surface area contributed by atoms with Crippen LogP contribution in [0.25, 0.3) is 0 Å². The molecule has 1 aliphatic rings. The fourth-order valence-corrected chi connectivity index (χ4v) is 3.40. The average molecular weight is 311 g/mol. The maximum atomic E-state index is 12.5. The maximum absolute atomic E-state index is 12.5. The second-order valence-corrected chi connectivity index (χ2v) is 6.28. The monoisotopic (exact) mass is 311 g/mol. The number of anilines is 1. The third-order valence-corrected chi connectivity index (χ3v) is 4.53. The summed E-state index contributed by atoms with van der Waals surface area (Å²) < 4.78 is 0.588. The van der Waals surface area contributed by atoms with E-state index in [1.807, 2.05) is 54.6 Å². The third kappa shape index (κ3) is 3.06. The summed E-state index contributed by atoms with van der Waals surface area (Å²) in [5, 5.41) is 0. The molecular formula is C17H13NOS2. The summed E-state index contributed by atoms with van der Waals surface area (Å²) in [7, 11) is 0. The highest BCUT2D eigenvalue weighted by atomic mass is 32.2. The SMILES string of the molecule is O=C1C(=CCc2ccccc2)SC(=S)N1c1ccccc1. The van der Waals surface area contributed by atoms with Crippen LogP contribution in [-0.4, -0.2) is 10.2 Å². The van der Waals surface area contributed by atoms with E-state index in [4.69, 9.17) is 12.2 Å². The number of thiocarbonyl (C=S) groups is 1. The quantitative estimate of drug-likeness (QED) is 0.626. The van der Waals surface area contributed by atoms with Crippen molar-refractivity contribution in [3.63, 3.8) is 0 Å². The predicted molar refractivity (Wildman–Crippen MR) is 92.3 cm³/mol. The number of hydrogen-bond acceptors (Lipinski definition) is 3. The maximum Gasteiger partial charge on any atom is 0.270 e. The Kier molecular flexibility index (Phi) is 4.18. The summed E-state index contributed by atoms with van der Waals surface area (Å²) in [5.41, 5.74) is 2.01. The standard InChI is InChI=1S/C17H13NOS2/c19-16-15(12-11-13-7-3-1-4-8-13)21-17(20)18(16)14-9-5-2-6-10-14/h1-10,12H,11H2. The fraction of sp³-hybridized carbons (Fsp3) is 0.0588. The van der Waals surface area contributed by atoms with Crippen molar-refractivity contribution in [2.75, 3.05) is 4.90 Å². The molecule has 1 aliphatic heterocycles. The molecule has 0 spiro atoms. The Morgan fingerprint density at radius 1 is 1.00 bits per heavy atom. The van der Waals surface area contributed by atoms with Crippen LogP contribution in [-0.2, 0) is 11.2 Å². The van der Waals surface area contributed by atoms with Gasteiger partial charge in [-0.2, -0.15) is 0 Å². The summed E-state index contributed by atoms with van der Waals surface area (Å²) >= 11 is 6.70. The van der Waals surface area contributed by atoms with Crippen LogP contribution in [0.15, 0.2) is 71.6 Å². The molecule has 0 radical (unpaired) electrons. The van der Waals surface area contributed by atoms with E-state index in [9.17, 15) is 4.79 Å². The summed E-state index contributed by atoms with van der Waals surface area (Å²) in [4.78, 5) is 14.8. The molecule has 0 N–H and O–H groups in total. The zero-order chi connectivity index (χ0) is 14.7. The molecule has 0 aromatic heterocycles. The molecule has 0 saturated carbocycles. The average Bonchev–Trinajstić information content (AvgIpc) is 2.81. The molecule has 0 unspecified atom stereocenters. The van der Waals surface area contributed by atoms with Gasteiger partial charge >= 0.3 is 0 Å². The first kappa shape index (κ1) is 14.0. The molecule has 2 aromatic carbocycles. The van der Waals surface area contributed by atoms with Crippen LogP contribution < -0.4 is 4.90 Å². The minimum absolute atomic E-state index is 0.0351. The van der Waals surface area contributed by atoms with Crippen LogP contribution in [0.3, 0.4) is 0 Å². The van der Waals surface area contributed by atoms with E-state index in [1.165, 1.54) is 17.3 Å². The van der Waals surface area contributed by atoms with Crippen molar-refractivity contribution in [3.05, 3.63) is 77.2 Å². The van der Waals surface area contributed by atoms with E-state index >= 15 is 0 Å². The van der Waals surface area contributed by atoms with Gasteiger partial charge in [0.15, 0.2) is 4.32 Å². The number of carbonyl (C=O) groups is 1. The van der Waals surface area contributed by atoms with Crippen LogP contribution >= 0.6 is 24.0 Å². The molecule has 0 atom stereocenters. The van der Waals surface area contributed by atoms with Gasteiger partial charge in [0.2, 0.25) is 0 Å². The second kappa shape index (κ2) is 6.24. The van der Waals surface area contributed by atoms with Crippen LogP contribution in [0, 0.1) is 0 Å². The highest BCUT2D eigenvalue weighted by Gasteiger charge is 2.32. The van der Waals surface area contributed by atoms with Crippen molar-refractivity contribution >= 4 is 39.9 Å². The fourth-order valence-electron chi connectivity index (χ4n) is 2.13. The van der Waals surface area contributed by atoms with Gasteiger partial charge in [-0.05, 0) is 24.1 Å². The molecule has 1 heterocycles. The summed E-state index contributed by atoms with van der Waals surface area (Å²) in [5.74, 6) is -0.0351. The number of allylic oxidation sites excluding steroid dienone is 1. The van der Waals surface area contributed by atoms with Crippen LogP contribution in [0.1, 0.15) is 5.56 Å². The largest absolute Gasteiger partial charge is 0.270 e. The van der Waals surface area contributed by atoms with Gasteiger partial charge in [0.1, 0.15) is 0 Å². The molecule has 0 aliphatic carbocycles. The number of carbonyl (C=O) groups excluding carboxylic acids is 1. The van der Waals surface area contributed by atoms with Gasteiger partial charge in [0.25, 0.3) is 5.91 Å². The lowest BCUT2D eigenvalue weighted by Gasteiger charge is -2.13. The van der Waals surface area contributed by atoms with Crippen molar-refractivity contribution in [1.29, 1.82) is 0 Å². The topological polar surface area (TPSA) is 20.3 Å². The van der Waals surface area contributed by atoms with Crippen LogP contribution in [0.5, 0.6) is 0 Å². The lowest BCUT2D eigenvalue weighted by Crippen LogP contribution is -2.27. The third-order valence-electron chi connectivity index (χ3n) is 3.17. The lowest BCUT2D eigenvalue weighted by molar-refractivity contribution is -0.113. The number of para-hydroxylation sites is 1. The van der Waals surface area contributed by atoms with Crippen molar-refractivity contribution in [3.8, 4) is 0 Å². The Balaban J connectivity index is 1.81. The molecule has 2 nitrogen and oxygen atoms in total. The van der Waals surface area contributed by atoms with Gasteiger partial charge in [0.05, 0.1) is 10.6 Å². The zero-order valence-electron chi connectivity index (χ0n) is 11.2. The van der Waals surface area contributed by atoms with E-state index < -0.39 is 0 Å². The van der Waals surface area contributed by atoms with Gasteiger partial charge in [-0.15, -0.1) is 0 Å². The molecule has 3 rings (SSSR count). The molecule has 4 heteroatoms. The molecule has 21 heavy (non-hydrogen) atoms. The molecule has 0 bridgehead atoms. The number of hydrogen-bond donors (Lipinski definition) is 0. The normalized spacial score (nSPS) is 16.8. The number of nitrogens with zero attached hydrogens (tertiary/aromatic N) is 1. The van der Waals surface area contributed by atoms with E-state index in [1.54, 1.807) is 4.90 Å². The summed E-state index contributed by atoms with van der Waals surface area (Å²) in [6.07, 6.45) is 2.69. The Labute approximate surface area is 133 Å². The first-order chi connectivity index (χ1) is 10.3. The van der Waals surface area contributed by atoms with Crippen molar-refractivity contribution in [1.82, 2.24) is 0 Å². The van der Waals surface area contributed by atoms with E-state index in [0.29, 0.717) is 9.23 Å². The van der Waals surface area contributed by atoms with Gasteiger partial charge in [-0.1, -0.05) is 78.6 Å². The Morgan fingerprint density at radius 3 is 2.29 bits per heavy atom. The Bertz CT molecular complexity index is 695. The first-order valence-electron chi connectivity index (χ1n) is 6.61. The van der Waals surface area contributed by atoms with Crippen molar-refractivity contribution in [2.45, 2.75) is 6.42 Å². The second-order valence-electron chi connectivity index (χ2n) is 4.60. The lowest BCUT2D eigenvalue weighted by atomic mass is 10.1. The Hall–Kier alpha value is -1.91. The summed E-state index contributed by atoms with van der Waals surface area (Å²) in [6.45, 7) is 0. The van der Waals surface area contributed by atoms with E-state index in [0.717, 1.165) is 12.1 Å². The van der Waals surface area contributed by atoms with E-state index in [2.05, 4.69) is 12.1 Å². The van der Waals surface area contributed by atoms with Gasteiger partial charge < -0.3 is 0 Å². The van der Waals surface area contributed by atoms with Gasteiger partial charge in [0, 0.05) is 0 Å². The minimum atomic E-state index is -0.0351. The Morgan fingerprint density at radius 2 is 1.62 bits per heavy atom. The number of amides is 1. The van der Waals surface area contributed by atoms with Crippen LogP contribution in [0.2, 0.25) is 0 Å². The highest BCUT2D eigenvalue weighted by Crippen LogP contribution is 2.34. The molecule has 1 fully saturated rings. The molecule has 1 amide bonds. The number of thioether (sulfide) groups is 1. The van der Waals surface area contributed by atoms with Gasteiger partial charge in [-0.25, -0.2) is 0 Å². The molecular weight excluding hydrogens is 298 g/mol. The van der Waals surface area contributed by atoms with Crippen LogP contribution in [0.4, 0.5) is 5.69 Å². The molecule has 2 aromatic rings. The van der Waals surface area contributed by atoms with Gasteiger partial charge in [-0.3, -0.25) is 9.69 Å². The first-order valence-corrected chi connectivity index (χ1v) is 7.83. The smallest absolute Gasteiger partial charge is 0.268 e. The molecule has 1 saturated heterocycles. The minimum Gasteiger partial charge on any atom is -0.268 e. The number of benzene rings is 2. The van der Waals surface area contributed by atoms with Crippen molar-refractivity contribution < 1.29 is 4.79 Å². The summed E-state index contributed by atoms with van der Waals surface area (Å²) in [6, 6.07) is 19.6. The van der Waals surface area contributed by atoms with E-state index in [-0.39, 0.29) is 5.91 Å². The number of rotatable bonds is 3. The zero-order valence-corrected chi connectivity index (χ0v) is 12.9.